The van der Waals surface area contributed by atoms with Gasteiger partial charge in [0, 0.05) is 4.88 Å². The van der Waals surface area contributed by atoms with E-state index in [1.54, 1.807) is 11.3 Å². The lowest BCUT2D eigenvalue weighted by Crippen LogP contribution is -2.44. The van der Waals surface area contributed by atoms with Gasteiger partial charge in [-0.2, -0.15) is 0 Å². The van der Waals surface area contributed by atoms with E-state index in [0.717, 1.165) is 41.7 Å². The van der Waals surface area contributed by atoms with Crippen LogP contribution in [0.2, 0.25) is 5.28 Å². The first-order chi connectivity index (χ1) is 9.62. The lowest BCUT2D eigenvalue weighted by Gasteiger charge is -2.37. The molecule has 6 heteroatoms. The van der Waals surface area contributed by atoms with Crippen LogP contribution in [-0.2, 0) is 0 Å². The number of aryl methyl sites for hydroxylation is 1. The molecule has 0 aliphatic heterocycles. The highest BCUT2D eigenvalue weighted by Crippen LogP contribution is 2.35. The number of aliphatic hydroxyl groups excluding tert-OH is 1. The number of halogens is 1. The van der Waals surface area contributed by atoms with Gasteiger partial charge in [-0.3, -0.25) is 0 Å². The number of aromatic nitrogens is 2. The molecule has 1 aliphatic carbocycles. The number of hydrogen-bond acceptors (Lipinski definition) is 5. The third-order valence-electron chi connectivity index (χ3n) is 3.99. The lowest BCUT2D eigenvalue weighted by atomic mass is 9.82. The topological polar surface area (TPSA) is 58.0 Å². The second-order valence-corrected chi connectivity index (χ2v) is 7.11. The summed E-state index contributed by atoms with van der Waals surface area (Å²) < 4.78 is 0. The third-order valence-corrected chi connectivity index (χ3v) is 5.10. The summed E-state index contributed by atoms with van der Waals surface area (Å²) in [4.78, 5) is 10.7. The summed E-state index contributed by atoms with van der Waals surface area (Å²) in [6.07, 6.45) is 5.45. The van der Waals surface area contributed by atoms with E-state index in [9.17, 15) is 5.11 Å². The highest BCUT2D eigenvalue weighted by Gasteiger charge is 2.32. The van der Waals surface area contributed by atoms with Crippen molar-refractivity contribution < 1.29 is 5.11 Å². The maximum atomic E-state index is 9.81. The zero-order chi connectivity index (χ0) is 14.2. The lowest BCUT2D eigenvalue weighted by molar-refractivity contribution is 0.172. The molecule has 2 heterocycles. The van der Waals surface area contributed by atoms with Crippen LogP contribution >= 0.6 is 22.9 Å². The minimum Gasteiger partial charge on any atom is -0.394 e. The molecule has 0 radical (unpaired) electrons. The van der Waals surface area contributed by atoms with Crippen LogP contribution in [0.15, 0.2) is 6.07 Å². The van der Waals surface area contributed by atoms with Crippen molar-refractivity contribution in [2.24, 2.45) is 0 Å². The fourth-order valence-corrected chi connectivity index (χ4v) is 4.01. The SMILES string of the molecule is Cc1cc2c(NC3(CO)CCCCC3)nc(Cl)nc2s1. The van der Waals surface area contributed by atoms with Gasteiger partial charge in [0.1, 0.15) is 10.6 Å². The van der Waals surface area contributed by atoms with Gasteiger partial charge < -0.3 is 10.4 Å². The van der Waals surface area contributed by atoms with Crippen LogP contribution in [0.1, 0.15) is 37.0 Å². The minimum absolute atomic E-state index is 0.124. The number of nitrogens with one attached hydrogen (secondary N) is 1. The van der Waals surface area contributed by atoms with Crippen LogP contribution < -0.4 is 5.32 Å². The van der Waals surface area contributed by atoms with Crippen molar-refractivity contribution in [1.82, 2.24) is 9.97 Å². The molecule has 0 bridgehead atoms. The molecule has 0 atom stereocenters. The van der Waals surface area contributed by atoms with Crippen molar-refractivity contribution in [3.8, 4) is 0 Å². The fourth-order valence-electron chi connectivity index (χ4n) is 2.91. The van der Waals surface area contributed by atoms with Crippen LogP contribution in [-0.4, -0.2) is 27.2 Å². The number of fused-ring (bicyclic) bond motifs is 1. The number of thiophene rings is 1. The number of rotatable bonds is 3. The van der Waals surface area contributed by atoms with Gasteiger partial charge in [0.05, 0.1) is 17.5 Å². The average molecular weight is 312 g/mol. The normalized spacial score (nSPS) is 18.4. The Hall–Kier alpha value is -0.910. The van der Waals surface area contributed by atoms with E-state index in [-0.39, 0.29) is 17.4 Å². The summed E-state index contributed by atoms with van der Waals surface area (Å²) in [7, 11) is 0. The smallest absolute Gasteiger partial charge is 0.225 e. The van der Waals surface area contributed by atoms with Crippen LogP contribution in [0.5, 0.6) is 0 Å². The second kappa shape index (κ2) is 5.47. The maximum absolute atomic E-state index is 9.81. The molecule has 4 nitrogen and oxygen atoms in total. The molecule has 20 heavy (non-hydrogen) atoms. The molecular weight excluding hydrogens is 294 g/mol. The summed E-state index contributed by atoms with van der Waals surface area (Å²) in [5.74, 6) is 0.750. The highest BCUT2D eigenvalue weighted by molar-refractivity contribution is 7.18. The minimum atomic E-state index is -0.265. The van der Waals surface area contributed by atoms with Gasteiger partial charge in [0.25, 0.3) is 0 Å². The summed E-state index contributed by atoms with van der Waals surface area (Å²) >= 11 is 7.63. The van der Waals surface area contributed by atoms with E-state index in [0.29, 0.717) is 0 Å². The molecule has 2 N–H and O–H groups in total. The van der Waals surface area contributed by atoms with E-state index in [2.05, 4.69) is 21.4 Å². The Morgan fingerprint density at radius 3 is 2.80 bits per heavy atom. The summed E-state index contributed by atoms with van der Waals surface area (Å²) in [6.45, 7) is 2.17. The van der Waals surface area contributed by atoms with Crippen molar-refractivity contribution in [1.29, 1.82) is 0 Å². The number of nitrogens with zero attached hydrogens (tertiary/aromatic N) is 2. The Kier molecular flexibility index (Phi) is 3.84. The van der Waals surface area contributed by atoms with Gasteiger partial charge in [-0.05, 0) is 37.4 Å². The van der Waals surface area contributed by atoms with E-state index >= 15 is 0 Å². The van der Waals surface area contributed by atoms with Crippen LogP contribution in [0.3, 0.4) is 0 Å². The van der Waals surface area contributed by atoms with Gasteiger partial charge in [0.2, 0.25) is 5.28 Å². The zero-order valence-corrected chi connectivity index (χ0v) is 13.0. The van der Waals surface area contributed by atoms with Crippen molar-refractivity contribution in [2.75, 3.05) is 11.9 Å². The third kappa shape index (κ3) is 2.62. The van der Waals surface area contributed by atoms with Crippen molar-refractivity contribution in [3.05, 3.63) is 16.2 Å². The largest absolute Gasteiger partial charge is 0.394 e. The van der Waals surface area contributed by atoms with E-state index in [4.69, 9.17) is 11.6 Å². The first-order valence-corrected chi connectivity index (χ1v) is 8.14. The maximum Gasteiger partial charge on any atom is 0.225 e. The summed E-state index contributed by atoms with van der Waals surface area (Å²) in [5, 5.41) is 14.5. The van der Waals surface area contributed by atoms with Crippen LogP contribution in [0.25, 0.3) is 10.2 Å². The van der Waals surface area contributed by atoms with E-state index < -0.39 is 0 Å². The molecular formula is C14H18ClN3OS. The molecule has 2 aromatic rings. The Labute approximate surface area is 127 Å². The number of hydrogen-bond donors (Lipinski definition) is 2. The van der Waals surface area contributed by atoms with Gasteiger partial charge >= 0.3 is 0 Å². The summed E-state index contributed by atoms with van der Waals surface area (Å²) in [6, 6.07) is 2.08. The number of aliphatic hydroxyl groups is 1. The molecule has 2 aromatic heterocycles. The van der Waals surface area contributed by atoms with E-state index in [1.165, 1.54) is 11.3 Å². The number of anilines is 1. The molecule has 1 saturated carbocycles. The van der Waals surface area contributed by atoms with Crippen molar-refractivity contribution >= 4 is 39.0 Å². The Morgan fingerprint density at radius 2 is 2.10 bits per heavy atom. The molecule has 108 valence electrons. The summed E-state index contributed by atoms with van der Waals surface area (Å²) in [5.41, 5.74) is -0.265. The Morgan fingerprint density at radius 1 is 1.35 bits per heavy atom. The first-order valence-electron chi connectivity index (χ1n) is 6.95. The molecule has 1 fully saturated rings. The molecule has 0 spiro atoms. The van der Waals surface area contributed by atoms with Crippen molar-refractivity contribution in [2.45, 2.75) is 44.6 Å². The van der Waals surface area contributed by atoms with Gasteiger partial charge in [-0.1, -0.05) is 19.3 Å². The van der Waals surface area contributed by atoms with Gasteiger partial charge in [-0.15, -0.1) is 11.3 Å². The Bertz CT molecular complexity index is 622. The van der Waals surface area contributed by atoms with Crippen LogP contribution in [0.4, 0.5) is 5.82 Å². The fraction of sp³-hybridized carbons (Fsp3) is 0.571. The molecule has 0 saturated heterocycles. The molecule has 0 aromatic carbocycles. The Balaban J connectivity index is 2.00. The molecule has 3 rings (SSSR count). The second-order valence-electron chi connectivity index (χ2n) is 5.54. The highest BCUT2D eigenvalue weighted by atomic mass is 35.5. The van der Waals surface area contributed by atoms with E-state index in [1.807, 2.05) is 6.92 Å². The quantitative estimate of drug-likeness (QED) is 0.847. The zero-order valence-electron chi connectivity index (χ0n) is 11.4. The predicted molar refractivity (Wildman–Crippen MR) is 83.7 cm³/mol. The van der Waals surface area contributed by atoms with Gasteiger partial charge in [-0.25, -0.2) is 9.97 Å². The molecule has 0 amide bonds. The van der Waals surface area contributed by atoms with Crippen molar-refractivity contribution in [3.63, 3.8) is 0 Å². The molecule has 1 aliphatic rings. The molecule has 0 unspecified atom stereocenters. The predicted octanol–water partition coefficient (Wildman–Crippen LogP) is 3.76. The standard InChI is InChI=1S/C14H18ClN3OS/c1-9-7-10-11(16-13(15)17-12(10)20-9)18-14(8-19)5-3-2-4-6-14/h7,19H,2-6,8H2,1H3,(H,16,17,18). The monoisotopic (exact) mass is 311 g/mol. The first kappa shape index (κ1) is 14.0. The van der Waals surface area contributed by atoms with Gasteiger partial charge in [0.15, 0.2) is 0 Å². The average Bonchev–Trinajstić information content (AvgIpc) is 2.80. The van der Waals surface area contributed by atoms with Crippen LogP contribution in [0, 0.1) is 6.92 Å².